The lowest BCUT2D eigenvalue weighted by Gasteiger charge is -2.10. The van der Waals surface area contributed by atoms with Crippen LogP contribution < -0.4 is 5.32 Å². The Labute approximate surface area is 127 Å². The molecular weight excluding hydrogens is 288 g/mol. The van der Waals surface area contributed by atoms with Crippen molar-refractivity contribution < 1.29 is 0 Å². The zero-order valence-corrected chi connectivity index (χ0v) is 13.0. The van der Waals surface area contributed by atoms with Crippen LogP contribution >= 0.6 is 11.6 Å². The van der Waals surface area contributed by atoms with Crippen LogP contribution in [0.5, 0.6) is 0 Å². The molecule has 0 aliphatic carbocycles. The first-order valence-electron chi connectivity index (χ1n) is 6.79. The Bertz CT molecular complexity index is 773. The summed E-state index contributed by atoms with van der Waals surface area (Å²) in [5.41, 5.74) is 2.96. The van der Waals surface area contributed by atoms with Crippen molar-refractivity contribution in [1.29, 1.82) is 0 Å². The monoisotopic (exact) mass is 304 g/mol. The summed E-state index contributed by atoms with van der Waals surface area (Å²) in [4.78, 5) is 8.49. The van der Waals surface area contributed by atoms with Gasteiger partial charge in [0.2, 0.25) is 0 Å². The average Bonchev–Trinajstić information content (AvgIpc) is 3.02. The van der Waals surface area contributed by atoms with E-state index in [4.69, 9.17) is 11.6 Å². The fourth-order valence-corrected chi connectivity index (χ4v) is 2.40. The Morgan fingerprint density at radius 3 is 2.81 bits per heavy atom. The maximum absolute atomic E-state index is 6.14. The van der Waals surface area contributed by atoms with Gasteiger partial charge < -0.3 is 9.88 Å². The van der Waals surface area contributed by atoms with Gasteiger partial charge in [0.25, 0.3) is 0 Å². The molecule has 3 aromatic heterocycles. The van der Waals surface area contributed by atoms with Gasteiger partial charge >= 0.3 is 0 Å². The largest absolute Gasteiger partial charge is 0.364 e. The highest BCUT2D eigenvalue weighted by atomic mass is 35.5. The number of anilines is 1. The lowest BCUT2D eigenvalue weighted by atomic mass is 10.1. The van der Waals surface area contributed by atoms with Crippen LogP contribution in [0.2, 0.25) is 5.15 Å². The fraction of sp³-hybridized carbons (Fsp3) is 0.357. The lowest BCUT2D eigenvalue weighted by molar-refractivity contribution is 0.828. The maximum Gasteiger partial charge on any atom is 0.162 e. The summed E-state index contributed by atoms with van der Waals surface area (Å²) < 4.78 is 3.76. The molecule has 3 rings (SSSR count). The predicted molar refractivity (Wildman–Crippen MR) is 82.6 cm³/mol. The summed E-state index contributed by atoms with van der Waals surface area (Å²) >= 11 is 6.14. The number of nitrogens with zero attached hydrogens (tertiary/aromatic N) is 5. The molecule has 0 saturated heterocycles. The van der Waals surface area contributed by atoms with E-state index in [1.54, 1.807) is 16.9 Å². The van der Waals surface area contributed by atoms with Crippen LogP contribution in [-0.4, -0.2) is 24.1 Å². The van der Waals surface area contributed by atoms with Crippen LogP contribution in [0.25, 0.3) is 5.65 Å². The van der Waals surface area contributed by atoms with Crippen molar-refractivity contribution in [2.45, 2.75) is 26.3 Å². The van der Waals surface area contributed by atoms with Gasteiger partial charge in [-0.1, -0.05) is 25.4 Å². The predicted octanol–water partition coefficient (Wildman–Crippen LogP) is 2.85. The van der Waals surface area contributed by atoms with E-state index >= 15 is 0 Å². The molecule has 21 heavy (non-hydrogen) atoms. The van der Waals surface area contributed by atoms with E-state index in [-0.39, 0.29) is 0 Å². The Hall–Kier alpha value is -2.08. The van der Waals surface area contributed by atoms with Crippen LogP contribution in [0.3, 0.4) is 0 Å². The van der Waals surface area contributed by atoms with E-state index in [1.807, 2.05) is 24.0 Å². The van der Waals surface area contributed by atoms with E-state index in [0.29, 0.717) is 17.6 Å². The molecule has 0 aliphatic heterocycles. The van der Waals surface area contributed by atoms with Crippen molar-refractivity contribution in [3.63, 3.8) is 0 Å². The van der Waals surface area contributed by atoms with E-state index in [2.05, 4.69) is 34.2 Å². The van der Waals surface area contributed by atoms with Crippen LogP contribution in [0.1, 0.15) is 31.0 Å². The number of hydrogen-bond acceptors (Lipinski definition) is 4. The minimum atomic E-state index is 0.346. The molecule has 0 saturated carbocycles. The zero-order chi connectivity index (χ0) is 15.0. The van der Waals surface area contributed by atoms with Gasteiger partial charge in [0.1, 0.15) is 11.0 Å². The van der Waals surface area contributed by atoms with Gasteiger partial charge in [-0.05, 0) is 5.92 Å². The van der Waals surface area contributed by atoms with Crippen molar-refractivity contribution in [2.24, 2.45) is 7.05 Å². The van der Waals surface area contributed by atoms with Crippen molar-refractivity contribution in [2.75, 3.05) is 5.32 Å². The van der Waals surface area contributed by atoms with Gasteiger partial charge in [0.15, 0.2) is 5.65 Å². The molecule has 0 aliphatic rings. The molecule has 0 amide bonds. The summed E-state index contributed by atoms with van der Waals surface area (Å²) in [6, 6.07) is 1.78. The summed E-state index contributed by atoms with van der Waals surface area (Å²) in [6.07, 6.45) is 5.45. The van der Waals surface area contributed by atoms with Gasteiger partial charge in [-0.3, -0.25) is 0 Å². The van der Waals surface area contributed by atoms with Crippen LogP contribution in [0.15, 0.2) is 24.8 Å². The molecule has 0 aromatic carbocycles. The summed E-state index contributed by atoms with van der Waals surface area (Å²) in [6.45, 7) is 4.87. The summed E-state index contributed by atoms with van der Waals surface area (Å²) in [7, 11) is 1.96. The minimum Gasteiger partial charge on any atom is -0.364 e. The second-order valence-corrected chi connectivity index (χ2v) is 5.69. The molecule has 0 bridgehead atoms. The molecule has 3 aromatic rings. The van der Waals surface area contributed by atoms with Crippen LogP contribution in [0.4, 0.5) is 5.82 Å². The molecule has 0 fully saturated rings. The molecule has 0 atom stereocenters. The third-order valence-electron chi connectivity index (χ3n) is 3.46. The third-order valence-corrected chi connectivity index (χ3v) is 3.65. The first-order valence-corrected chi connectivity index (χ1v) is 7.17. The number of hydrogen-bond donors (Lipinski definition) is 1. The van der Waals surface area contributed by atoms with Crippen molar-refractivity contribution in [3.8, 4) is 0 Å². The molecule has 6 nitrogen and oxygen atoms in total. The minimum absolute atomic E-state index is 0.346. The Balaban J connectivity index is 1.96. The molecule has 0 spiro atoms. The van der Waals surface area contributed by atoms with Crippen LogP contribution in [0, 0.1) is 0 Å². The van der Waals surface area contributed by atoms with Crippen LogP contribution in [-0.2, 0) is 13.6 Å². The fourth-order valence-electron chi connectivity index (χ4n) is 2.22. The van der Waals surface area contributed by atoms with Crippen molar-refractivity contribution >= 4 is 23.1 Å². The second kappa shape index (κ2) is 5.37. The number of halogens is 1. The van der Waals surface area contributed by atoms with Gasteiger partial charge in [-0.25, -0.2) is 9.97 Å². The Morgan fingerprint density at radius 1 is 1.33 bits per heavy atom. The van der Waals surface area contributed by atoms with Gasteiger partial charge in [-0.2, -0.15) is 9.61 Å². The van der Waals surface area contributed by atoms with E-state index in [0.717, 1.165) is 22.7 Å². The van der Waals surface area contributed by atoms with Gasteiger partial charge in [-0.15, -0.1) is 0 Å². The smallest absolute Gasteiger partial charge is 0.162 e. The highest BCUT2D eigenvalue weighted by molar-refractivity contribution is 6.29. The summed E-state index contributed by atoms with van der Waals surface area (Å²) in [5.74, 6) is 1.16. The number of fused-ring (bicyclic) bond motifs is 1. The number of imidazole rings is 1. The molecule has 110 valence electrons. The molecule has 1 N–H and O–H groups in total. The number of aryl methyl sites for hydroxylation is 1. The van der Waals surface area contributed by atoms with Gasteiger partial charge in [0.05, 0.1) is 24.8 Å². The normalized spacial score (nSPS) is 11.5. The first-order chi connectivity index (χ1) is 10.1. The standard InChI is InChI=1S/C14H17ClN6/c1-9(2)11-7-18-21-13(4-12(15)19-14(11)21)17-6-10-5-16-8-20(10)3/h4-5,7-9,17H,6H2,1-3H3. The Morgan fingerprint density at radius 2 is 2.14 bits per heavy atom. The highest BCUT2D eigenvalue weighted by Gasteiger charge is 2.13. The first kappa shape index (κ1) is 13.9. The maximum atomic E-state index is 6.14. The second-order valence-electron chi connectivity index (χ2n) is 5.30. The SMILES string of the molecule is CC(C)c1cnn2c(NCc3cncn3C)cc(Cl)nc12. The molecule has 0 unspecified atom stereocenters. The highest BCUT2D eigenvalue weighted by Crippen LogP contribution is 2.24. The topological polar surface area (TPSA) is 60.0 Å². The zero-order valence-electron chi connectivity index (χ0n) is 12.2. The Kier molecular flexibility index (Phi) is 3.55. The number of aromatic nitrogens is 5. The number of rotatable bonds is 4. The van der Waals surface area contributed by atoms with E-state index in [9.17, 15) is 0 Å². The van der Waals surface area contributed by atoms with E-state index < -0.39 is 0 Å². The quantitative estimate of drug-likeness (QED) is 0.753. The molecule has 3 heterocycles. The summed E-state index contributed by atoms with van der Waals surface area (Å²) in [5, 5.41) is 8.21. The molecule has 0 radical (unpaired) electrons. The number of nitrogens with one attached hydrogen (secondary N) is 1. The lowest BCUT2D eigenvalue weighted by Crippen LogP contribution is -2.08. The third kappa shape index (κ3) is 2.58. The molecular formula is C14H17ClN6. The average molecular weight is 305 g/mol. The van der Waals surface area contributed by atoms with Crippen molar-refractivity contribution in [3.05, 3.63) is 41.2 Å². The van der Waals surface area contributed by atoms with Crippen molar-refractivity contribution in [1.82, 2.24) is 24.1 Å². The molecule has 7 heteroatoms. The van der Waals surface area contributed by atoms with E-state index in [1.165, 1.54) is 0 Å². The van der Waals surface area contributed by atoms with Gasteiger partial charge in [0, 0.05) is 24.9 Å².